The molecule has 210 valence electrons. The number of carbonyl (C=O) groups is 2. The molecule has 3 N–H and O–H groups in total. The number of anilines is 3. The second-order valence-corrected chi connectivity index (χ2v) is 11.6. The number of amides is 1. The number of benzene rings is 3. The molecule has 1 aliphatic heterocycles. The van der Waals surface area contributed by atoms with Crippen molar-refractivity contribution < 1.29 is 22.7 Å². The molecule has 10 nitrogen and oxygen atoms in total. The van der Waals surface area contributed by atoms with Gasteiger partial charge in [0.25, 0.3) is 0 Å². The number of hydrogen-bond acceptors (Lipinski definition) is 8. The number of hydrogen-bond donors (Lipinski definition) is 2. The van der Waals surface area contributed by atoms with Gasteiger partial charge in [-0.2, -0.15) is 0 Å². The Morgan fingerprint density at radius 1 is 1.02 bits per heavy atom. The predicted octanol–water partition coefficient (Wildman–Crippen LogP) is 3.63. The number of carbonyl (C=O) groups excluding carboxylic acids is 2. The number of nitrogens with zero attached hydrogens (tertiary/aromatic N) is 3. The second-order valence-electron chi connectivity index (χ2n) is 9.69. The van der Waals surface area contributed by atoms with Crippen molar-refractivity contribution in [3.8, 4) is 0 Å². The molecule has 3 aromatic carbocycles. The van der Waals surface area contributed by atoms with Gasteiger partial charge < -0.3 is 20.7 Å². The van der Waals surface area contributed by atoms with Gasteiger partial charge in [-0.1, -0.05) is 36.4 Å². The van der Waals surface area contributed by atoms with Crippen molar-refractivity contribution >= 4 is 50.4 Å². The molecule has 0 radical (unpaired) electrons. The van der Waals surface area contributed by atoms with Crippen LogP contribution in [-0.4, -0.2) is 71.0 Å². The molecular weight excluding hydrogens is 530 g/mol. The molecule has 0 fully saturated rings. The molecule has 1 aliphatic rings. The number of nitrogens with two attached hydrogens (primary N) is 1. The Labute approximate surface area is 234 Å². The largest absolute Gasteiger partial charge is 0.462 e. The minimum atomic E-state index is -3.58. The van der Waals surface area contributed by atoms with Crippen LogP contribution in [0.2, 0.25) is 0 Å². The van der Waals surface area contributed by atoms with Crippen LogP contribution >= 0.6 is 0 Å². The van der Waals surface area contributed by atoms with Crippen molar-refractivity contribution in [2.24, 2.45) is 4.99 Å². The average Bonchev–Trinajstić information content (AvgIpc) is 3.22. The number of nitrogen functional groups attached to an aromatic ring is 1. The van der Waals surface area contributed by atoms with Gasteiger partial charge in [0.1, 0.15) is 5.92 Å². The van der Waals surface area contributed by atoms with E-state index in [2.05, 4.69) is 5.32 Å². The summed E-state index contributed by atoms with van der Waals surface area (Å²) < 4.78 is 31.4. The van der Waals surface area contributed by atoms with Gasteiger partial charge in [0, 0.05) is 18.8 Å². The van der Waals surface area contributed by atoms with Gasteiger partial charge in [-0.15, -0.1) is 0 Å². The van der Waals surface area contributed by atoms with Crippen LogP contribution in [-0.2, 0) is 19.6 Å². The highest BCUT2D eigenvalue weighted by Gasteiger charge is 2.36. The third-order valence-corrected chi connectivity index (χ3v) is 7.60. The monoisotopic (exact) mass is 563 g/mol. The van der Waals surface area contributed by atoms with Crippen molar-refractivity contribution in [2.75, 3.05) is 55.4 Å². The SMILES string of the molecule is CCOC(=O)c1ccc2c(c1)NC(=O)C2C(=Nc1ccc(N(CCN(C)C)S(C)(=O)=O)c(N)c1)c1ccccc1. The molecule has 1 amide bonds. The average molecular weight is 564 g/mol. The molecule has 0 saturated carbocycles. The Morgan fingerprint density at radius 2 is 1.75 bits per heavy atom. The van der Waals surface area contributed by atoms with E-state index in [0.29, 0.717) is 40.4 Å². The van der Waals surface area contributed by atoms with Crippen LogP contribution in [0.1, 0.15) is 34.3 Å². The van der Waals surface area contributed by atoms with E-state index in [4.69, 9.17) is 15.5 Å². The van der Waals surface area contributed by atoms with Crippen molar-refractivity contribution in [1.29, 1.82) is 0 Å². The molecule has 1 atom stereocenters. The van der Waals surface area contributed by atoms with Crippen LogP contribution in [0.15, 0.2) is 71.7 Å². The van der Waals surface area contributed by atoms with E-state index >= 15 is 0 Å². The molecule has 1 heterocycles. The number of fused-ring (bicyclic) bond motifs is 1. The summed E-state index contributed by atoms with van der Waals surface area (Å²) in [7, 11) is 0.148. The highest BCUT2D eigenvalue weighted by atomic mass is 32.2. The number of sulfonamides is 1. The summed E-state index contributed by atoms with van der Waals surface area (Å²) in [5, 5.41) is 2.87. The molecule has 4 rings (SSSR count). The summed E-state index contributed by atoms with van der Waals surface area (Å²) >= 11 is 0. The molecule has 11 heteroatoms. The van der Waals surface area contributed by atoms with E-state index < -0.39 is 21.9 Å². The van der Waals surface area contributed by atoms with E-state index in [-0.39, 0.29) is 24.7 Å². The topological polar surface area (TPSA) is 134 Å². The Bertz CT molecular complexity index is 1550. The Balaban J connectivity index is 1.77. The summed E-state index contributed by atoms with van der Waals surface area (Å²) in [4.78, 5) is 32.3. The first-order valence-corrected chi connectivity index (χ1v) is 14.6. The fourth-order valence-corrected chi connectivity index (χ4v) is 5.45. The summed E-state index contributed by atoms with van der Waals surface area (Å²) in [6.07, 6.45) is 1.14. The molecule has 1 unspecified atom stereocenters. The first-order chi connectivity index (χ1) is 19.0. The second kappa shape index (κ2) is 11.9. The Hall–Kier alpha value is -4.22. The lowest BCUT2D eigenvalue weighted by Crippen LogP contribution is -2.36. The fourth-order valence-electron chi connectivity index (χ4n) is 4.51. The first kappa shape index (κ1) is 28.8. The number of ether oxygens (including phenoxy) is 1. The summed E-state index contributed by atoms with van der Waals surface area (Å²) in [5.74, 6) is -1.50. The first-order valence-electron chi connectivity index (χ1n) is 12.8. The normalized spacial score (nSPS) is 15.1. The molecule has 3 aromatic rings. The van der Waals surface area contributed by atoms with Crippen LogP contribution in [0.5, 0.6) is 0 Å². The van der Waals surface area contributed by atoms with Gasteiger partial charge in [0.05, 0.1) is 41.2 Å². The molecular formula is C29H33N5O5S. The maximum absolute atomic E-state index is 13.3. The van der Waals surface area contributed by atoms with Gasteiger partial charge in [-0.05, 0) is 62.5 Å². The van der Waals surface area contributed by atoms with Crippen LogP contribution in [0.25, 0.3) is 0 Å². The minimum absolute atomic E-state index is 0.237. The highest BCUT2D eigenvalue weighted by Crippen LogP contribution is 2.38. The van der Waals surface area contributed by atoms with Crippen molar-refractivity contribution in [2.45, 2.75) is 12.8 Å². The zero-order valence-electron chi connectivity index (χ0n) is 22.9. The van der Waals surface area contributed by atoms with Crippen molar-refractivity contribution in [3.63, 3.8) is 0 Å². The Morgan fingerprint density at radius 3 is 2.38 bits per heavy atom. The number of rotatable bonds is 10. The van der Waals surface area contributed by atoms with Crippen molar-refractivity contribution in [3.05, 3.63) is 83.4 Å². The molecule has 0 saturated heterocycles. The summed E-state index contributed by atoms with van der Waals surface area (Å²) in [5.41, 5.74) is 10.2. The van der Waals surface area contributed by atoms with Gasteiger partial charge in [0.2, 0.25) is 15.9 Å². The summed E-state index contributed by atoms with van der Waals surface area (Å²) in [6, 6.07) is 19.2. The van der Waals surface area contributed by atoms with Gasteiger partial charge in [-0.3, -0.25) is 14.1 Å². The lowest BCUT2D eigenvalue weighted by molar-refractivity contribution is -0.115. The minimum Gasteiger partial charge on any atom is -0.462 e. The maximum atomic E-state index is 13.3. The quantitative estimate of drug-likeness (QED) is 0.219. The number of nitrogens with one attached hydrogen (secondary N) is 1. The zero-order valence-corrected chi connectivity index (χ0v) is 23.7. The molecule has 0 aromatic heterocycles. The third kappa shape index (κ3) is 6.32. The standard InChI is InChI=1S/C29H33N5O5S/c1-5-39-29(36)20-11-13-22-24(17-20)32-28(35)26(22)27(19-9-7-6-8-10-19)31-21-12-14-25(23(30)18-21)34(40(4,37)38)16-15-33(2)3/h6-14,17-18,26H,5,15-16,30H2,1-4H3,(H,32,35). The van der Waals surface area contributed by atoms with Crippen LogP contribution < -0.4 is 15.4 Å². The fraction of sp³-hybridized carbons (Fsp3) is 0.276. The molecule has 0 aliphatic carbocycles. The smallest absolute Gasteiger partial charge is 0.338 e. The predicted molar refractivity (Wildman–Crippen MR) is 158 cm³/mol. The Kier molecular flexibility index (Phi) is 8.55. The number of likely N-dealkylation sites (N-methyl/N-ethyl adjacent to an activating group) is 1. The van der Waals surface area contributed by atoms with Crippen LogP contribution in [0.4, 0.5) is 22.7 Å². The number of aliphatic imine (C=N–C) groups is 1. The molecule has 0 bridgehead atoms. The van der Waals surface area contributed by atoms with E-state index in [9.17, 15) is 18.0 Å². The van der Waals surface area contributed by atoms with Crippen molar-refractivity contribution in [1.82, 2.24) is 4.90 Å². The van der Waals surface area contributed by atoms with Crippen LogP contribution in [0, 0.1) is 0 Å². The van der Waals surface area contributed by atoms with Gasteiger partial charge >= 0.3 is 5.97 Å². The highest BCUT2D eigenvalue weighted by molar-refractivity contribution is 7.92. The van der Waals surface area contributed by atoms with Gasteiger partial charge in [0.15, 0.2) is 0 Å². The molecule has 40 heavy (non-hydrogen) atoms. The third-order valence-electron chi connectivity index (χ3n) is 6.42. The maximum Gasteiger partial charge on any atom is 0.338 e. The van der Waals surface area contributed by atoms with E-state index in [0.717, 1.165) is 11.8 Å². The van der Waals surface area contributed by atoms with Crippen LogP contribution in [0.3, 0.4) is 0 Å². The number of esters is 1. The lowest BCUT2D eigenvalue weighted by atomic mass is 9.90. The van der Waals surface area contributed by atoms with E-state index in [1.807, 2.05) is 49.3 Å². The lowest BCUT2D eigenvalue weighted by Gasteiger charge is -2.25. The van der Waals surface area contributed by atoms with Gasteiger partial charge in [-0.25, -0.2) is 13.2 Å². The van der Waals surface area contributed by atoms with E-state index in [1.54, 1.807) is 43.3 Å². The zero-order chi connectivity index (χ0) is 29.0. The molecule has 0 spiro atoms. The summed E-state index contributed by atoms with van der Waals surface area (Å²) in [6.45, 7) is 2.72. The van der Waals surface area contributed by atoms with E-state index in [1.165, 1.54) is 4.31 Å².